The van der Waals surface area contributed by atoms with Crippen LogP contribution >= 0.6 is 0 Å². The summed E-state index contributed by atoms with van der Waals surface area (Å²) < 4.78 is 11.2. The maximum absolute atomic E-state index is 12.4. The van der Waals surface area contributed by atoms with E-state index in [1.165, 1.54) is 25.2 Å². The molecule has 1 N–H and O–H groups in total. The molecule has 0 aliphatic heterocycles. The van der Waals surface area contributed by atoms with E-state index in [0.29, 0.717) is 17.4 Å². The van der Waals surface area contributed by atoms with Crippen LogP contribution < -0.4 is 15.0 Å². The SMILES string of the molecule is CC(C)CCNc1cccc(Oc2ccc([N+](=O)[O-])c(N(C)C(=O)OC(C)(C)C)c2)c1. The number of nitrogens with one attached hydrogen (secondary N) is 1. The van der Waals surface area contributed by atoms with E-state index in [1.807, 2.05) is 18.2 Å². The second-order valence-electron chi connectivity index (χ2n) is 8.69. The van der Waals surface area contributed by atoms with Gasteiger partial charge in [-0.05, 0) is 51.3 Å². The van der Waals surface area contributed by atoms with Crippen molar-refractivity contribution in [1.82, 2.24) is 0 Å². The summed E-state index contributed by atoms with van der Waals surface area (Å²) >= 11 is 0. The number of carbonyl (C=O) groups excluding carboxylic acids is 1. The summed E-state index contributed by atoms with van der Waals surface area (Å²) in [6.07, 6.45) is 0.359. The Labute approximate surface area is 183 Å². The van der Waals surface area contributed by atoms with E-state index in [2.05, 4.69) is 19.2 Å². The number of amides is 1. The van der Waals surface area contributed by atoms with Gasteiger partial charge in [-0.15, -0.1) is 0 Å². The fourth-order valence-electron chi connectivity index (χ4n) is 2.73. The first-order valence-electron chi connectivity index (χ1n) is 10.2. The molecule has 0 aliphatic carbocycles. The number of nitro groups is 1. The molecule has 2 aromatic rings. The Morgan fingerprint density at radius 3 is 2.45 bits per heavy atom. The van der Waals surface area contributed by atoms with Gasteiger partial charge in [0.1, 0.15) is 22.8 Å². The van der Waals surface area contributed by atoms with Crippen molar-refractivity contribution in [3.05, 3.63) is 52.6 Å². The van der Waals surface area contributed by atoms with Gasteiger partial charge in [-0.1, -0.05) is 19.9 Å². The Kier molecular flexibility index (Phi) is 7.85. The molecule has 8 heteroatoms. The van der Waals surface area contributed by atoms with E-state index in [9.17, 15) is 14.9 Å². The van der Waals surface area contributed by atoms with Crippen LogP contribution in [0.15, 0.2) is 42.5 Å². The molecule has 0 bridgehead atoms. The highest BCUT2D eigenvalue weighted by Crippen LogP contribution is 2.34. The van der Waals surface area contributed by atoms with Gasteiger partial charge < -0.3 is 14.8 Å². The minimum Gasteiger partial charge on any atom is -0.457 e. The number of nitro benzene ring substituents is 1. The zero-order chi connectivity index (χ0) is 23.2. The highest BCUT2D eigenvalue weighted by molar-refractivity contribution is 5.90. The van der Waals surface area contributed by atoms with Crippen LogP contribution in [0.4, 0.5) is 21.9 Å². The fraction of sp³-hybridized carbons (Fsp3) is 0.435. The lowest BCUT2D eigenvalue weighted by Gasteiger charge is -2.24. The molecule has 0 spiro atoms. The summed E-state index contributed by atoms with van der Waals surface area (Å²) in [4.78, 5) is 24.5. The van der Waals surface area contributed by atoms with Gasteiger partial charge in [0.15, 0.2) is 0 Å². The monoisotopic (exact) mass is 429 g/mol. The minimum atomic E-state index is -0.725. The topological polar surface area (TPSA) is 93.9 Å². The van der Waals surface area contributed by atoms with Crippen molar-refractivity contribution < 1.29 is 19.2 Å². The molecular weight excluding hydrogens is 398 g/mol. The molecule has 168 valence electrons. The molecule has 0 aromatic heterocycles. The number of ether oxygens (including phenoxy) is 2. The third kappa shape index (κ3) is 7.47. The minimum absolute atomic E-state index is 0.0861. The Balaban J connectivity index is 2.24. The van der Waals surface area contributed by atoms with Gasteiger partial charge in [0.25, 0.3) is 5.69 Å². The number of hydrogen-bond acceptors (Lipinski definition) is 6. The van der Waals surface area contributed by atoms with Gasteiger partial charge in [-0.25, -0.2) is 4.79 Å². The van der Waals surface area contributed by atoms with E-state index in [-0.39, 0.29) is 11.4 Å². The zero-order valence-corrected chi connectivity index (χ0v) is 19.0. The summed E-state index contributed by atoms with van der Waals surface area (Å²) in [5, 5.41) is 14.8. The molecule has 0 saturated heterocycles. The normalized spacial score (nSPS) is 11.2. The van der Waals surface area contributed by atoms with Crippen molar-refractivity contribution >= 4 is 23.2 Å². The second kappa shape index (κ2) is 10.1. The number of carbonyl (C=O) groups is 1. The highest BCUT2D eigenvalue weighted by Gasteiger charge is 2.26. The average Bonchev–Trinajstić information content (AvgIpc) is 2.66. The Morgan fingerprint density at radius 1 is 1.16 bits per heavy atom. The molecule has 0 aliphatic rings. The lowest BCUT2D eigenvalue weighted by molar-refractivity contribution is -0.384. The van der Waals surface area contributed by atoms with Gasteiger partial charge >= 0.3 is 6.09 Å². The van der Waals surface area contributed by atoms with Crippen molar-refractivity contribution in [3.8, 4) is 11.5 Å². The lowest BCUT2D eigenvalue weighted by Crippen LogP contribution is -2.34. The van der Waals surface area contributed by atoms with Gasteiger partial charge in [0.05, 0.1) is 4.92 Å². The molecular formula is C23H31N3O5. The van der Waals surface area contributed by atoms with E-state index in [4.69, 9.17) is 9.47 Å². The van der Waals surface area contributed by atoms with Crippen LogP contribution in [-0.4, -0.2) is 30.2 Å². The van der Waals surface area contributed by atoms with Crippen molar-refractivity contribution in [2.45, 2.75) is 46.6 Å². The van der Waals surface area contributed by atoms with Crippen LogP contribution in [0, 0.1) is 16.0 Å². The average molecular weight is 430 g/mol. The van der Waals surface area contributed by atoms with E-state index < -0.39 is 16.6 Å². The molecule has 0 atom stereocenters. The molecule has 8 nitrogen and oxygen atoms in total. The number of nitrogens with zero attached hydrogens (tertiary/aromatic N) is 2. The molecule has 31 heavy (non-hydrogen) atoms. The first-order chi connectivity index (χ1) is 14.5. The predicted octanol–water partition coefficient (Wildman–Crippen LogP) is 6.22. The van der Waals surface area contributed by atoms with Gasteiger partial charge in [0.2, 0.25) is 0 Å². The van der Waals surface area contributed by atoms with Crippen LogP contribution in [0.2, 0.25) is 0 Å². The first kappa shape index (κ1) is 24.0. The third-order valence-electron chi connectivity index (χ3n) is 4.29. The number of rotatable bonds is 8. The summed E-state index contributed by atoms with van der Waals surface area (Å²) in [6.45, 7) is 10.4. The summed E-state index contributed by atoms with van der Waals surface area (Å²) in [5.74, 6) is 1.55. The smallest absolute Gasteiger partial charge is 0.414 e. The maximum atomic E-state index is 12.4. The molecule has 0 fully saturated rings. The van der Waals surface area contributed by atoms with E-state index in [1.54, 1.807) is 26.8 Å². The molecule has 0 heterocycles. The third-order valence-corrected chi connectivity index (χ3v) is 4.29. The molecule has 0 radical (unpaired) electrons. The molecule has 0 saturated carbocycles. The van der Waals surface area contributed by atoms with Crippen LogP contribution in [0.5, 0.6) is 11.5 Å². The molecule has 2 aromatic carbocycles. The van der Waals surface area contributed by atoms with Crippen molar-refractivity contribution in [1.29, 1.82) is 0 Å². The lowest BCUT2D eigenvalue weighted by atomic mass is 10.1. The van der Waals surface area contributed by atoms with Crippen molar-refractivity contribution in [2.75, 3.05) is 23.8 Å². The number of hydrogen-bond donors (Lipinski definition) is 1. The van der Waals surface area contributed by atoms with Crippen molar-refractivity contribution in [2.24, 2.45) is 5.92 Å². The maximum Gasteiger partial charge on any atom is 0.414 e. The van der Waals surface area contributed by atoms with E-state index in [0.717, 1.165) is 23.6 Å². The molecule has 2 rings (SSSR count). The first-order valence-corrected chi connectivity index (χ1v) is 10.2. The summed E-state index contributed by atoms with van der Waals surface area (Å²) in [7, 11) is 1.43. The van der Waals surface area contributed by atoms with Crippen molar-refractivity contribution in [3.63, 3.8) is 0 Å². The zero-order valence-electron chi connectivity index (χ0n) is 19.0. The molecule has 0 unspecified atom stereocenters. The summed E-state index contributed by atoms with van der Waals surface area (Å²) in [6, 6.07) is 11.8. The Hall–Kier alpha value is -3.29. The van der Waals surface area contributed by atoms with Crippen LogP contribution in [0.3, 0.4) is 0 Å². The van der Waals surface area contributed by atoms with Crippen LogP contribution in [0.25, 0.3) is 0 Å². The second-order valence-corrected chi connectivity index (χ2v) is 8.69. The molecule has 1 amide bonds. The van der Waals surface area contributed by atoms with Crippen LogP contribution in [-0.2, 0) is 4.74 Å². The van der Waals surface area contributed by atoms with E-state index >= 15 is 0 Å². The predicted molar refractivity (Wildman–Crippen MR) is 122 cm³/mol. The van der Waals surface area contributed by atoms with Gasteiger partial charge in [-0.3, -0.25) is 15.0 Å². The standard InChI is InChI=1S/C23H31N3O5/c1-16(2)12-13-24-17-8-7-9-18(14-17)30-19-10-11-20(26(28)29)21(15-19)25(6)22(27)31-23(3,4)5/h7-11,14-16,24H,12-13H2,1-6H3. The summed E-state index contributed by atoms with van der Waals surface area (Å²) in [5.41, 5.74) is 0.0657. The Bertz CT molecular complexity index is 922. The largest absolute Gasteiger partial charge is 0.457 e. The van der Waals surface area contributed by atoms with Gasteiger partial charge in [-0.2, -0.15) is 0 Å². The fourth-order valence-corrected chi connectivity index (χ4v) is 2.73. The quantitative estimate of drug-likeness (QED) is 0.396. The van der Waals surface area contributed by atoms with Gasteiger partial charge in [0, 0.05) is 37.5 Å². The number of benzene rings is 2. The number of anilines is 2. The highest BCUT2D eigenvalue weighted by atomic mass is 16.6. The van der Waals surface area contributed by atoms with Crippen LogP contribution in [0.1, 0.15) is 41.0 Å². The Morgan fingerprint density at radius 2 is 1.84 bits per heavy atom.